The van der Waals surface area contributed by atoms with Gasteiger partial charge in [-0.15, -0.1) is 0 Å². The maximum Gasteiger partial charge on any atom is 0.407 e. The quantitative estimate of drug-likeness (QED) is 0.195. The molecule has 0 bridgehead atoms. The van der Waals surface area contributed by atoms with Gasteiger partial charge in [0.1, 0.15) is 22.6 Å². The number of benzene rings is 1. The predicted octanol–water partition coefficient (Wildman–Crippen LogP) is 2.75. The van der Waals surface area contributed by atoms with Crippen LogP contribution in [0.25, 0.3) is 11.0 Å². The lowest BCUT2D eigenvalue weighted by Crippen LogP contribution is -2.33. The monoisotopic (exact) mass is 555 g/mol. The van der Waals surface area contributed by atoms with Crippen molar-refractivity contribution in [2.45, 2.75) is 59.7 Å². The first kappa shape index (κ1) is 30.2. The van der Waals surface area contributed by atoms with Gasteiger partial charge in [0.05, 0.1) is 24.4 Å². The van der Waals surface area contributed by atoms with E-state index in [2.05, 4.69) is 20.7 Å². The van der Waals surface area contributed by atoms with Gasteiger partial charge < -0.3 is 30.2 Å². The Morgan fingerprint density at radius 3 is 2.58 bits per heavy atom. The van der Waals surface area contributed by atoms with Crippen molar-refractivity contribution in [3.8, 4) is 5.75 Å². The van der Waals surface area contributed by atoms with Crippen molar-refractivity contribution in [3.05, 3.63) is 47.3 Å². The van der Waals surface area contributed by atoms with Crippen LogP contribution in [0, 0.1) is 6.92 Å². The Morgan fingerprint density at radius 2 is 1.93 bits per heavy atom. The van der Waals surface area contributed by atoms with E-state index in [1.807, 2.05) is 6.92 Å². The minimum absolute atomic E-state index is 0.164. The summed E-state index contributed by atoms with van der Waals surface area (Å²) in [6.45, 7) is 10.1. The first-order valence-corrected chi connectivity index (χ1v) is 13.0. The van der Waals surface area contributed by atoms with E-state index in [0.717, 1.165) is 0 Å². The Labute approximate surface area is 232 Å². The van der Waals surface area contributed by atoms with Crippen LogP contribution < -0.4 is 21.1 Å². The predicted molar refractivity (Wildman–Crippen MR) is 149 cm³/mol. The number of aliphatic hydroxyl groups is 1. The van der Waals surface area contributed by atoms with Gasteiger partial charge in [-0.2, -0.15) is 5.10 Å². The summed E-state index contributed by atoms with van der Waals surface area (Å²) in [7, 11) is 0. The highest BCUT2D eigenvalue weighted by atomic mass is 16.6. The van der Waals surface area contributed by atoms with Crippen LogP contribution in [-0.2, 0) is 17.8 Å². The second-order valence-corrected chi connectivity index (χ2v) is 9.98. The molecule has 0 saturated carbocycles. The van der Waals surface area contributed by atoms with Gasteiger partial charge in [0.2, 0.25) is 11.9 Å². The van der Waals surface area contributed by atoms with Gasteiger partial charge in [0.25, 0.3) is 5.91 Å². The number of hydrogen-bond acceptors (Lipinski definition) is 8. The van der Waals surface area contributed by atoms with Crippen LogP contribution in [0.5, 0.6) is 5.75 Å². The molecule has 0 spiro atoms. The van der Waals surface area contributed by atoms with Gasteiger partial charge in [-0.25, -0.2) is 9.78 Å². The first-order chi connectivity index (χ1) is 18.9. The van der Waals surface area contributed by atoms with E-state index in [-0.39, 0.29) is 31.3 Å². The van der Waals surface area contributed by atoms with Crippen molar-refractivity contribution in [1.82, 2.24) is 24.6 Å². The van der Waals surface area contributed by atoms with Gasteiger partial charge in [0, 0.05) is 25.2 Å². The van der Waals surface area contributed by atoms with E-state index in [1.54, 1.807) is 55.2 Å². The number of anilines is 1. The highest BCUT2D eigenvalue weighted by molar-refractivity contribution is 6.04. The molecule has 0 aliphatic heterocycles. The van der Waals surface area contributed by atoms with Crippen LogP contribution in [0.3, 0.4) is 0 Å². The van der Waals surface area contributed by atoms with Gasteiger partial charge in [-0.3, -0.25) is 19.6 Å². The number of aliphatic hydroxyl groups excluding tert-OH is 1. The molecular formula is C27H37N7O6. The van der Waals surface area contributed by atoms with Crippen molar-refractivity contribution in [2.75, 3.05) is 25.1 Å². The number of carbonyl (C=O) groups excluding carboxylic acids is 3. The maximum absolute atomic E-state index is 13.2. The summed E-state index contributed by atoms with van der Waals surface area (Å²) in [6.07, 6.45) is 3.20. The Bertz CT molecular complexity index is 1400. The fourth-order valence-electron chi connectivity index (χ4n) is 3.90. The molecule has 2 aromatic heterocycles. The van der Waals surface area contributed by atoms with Crippen LogP contribution in [0.4, 0.5) is 10.7 Å². The number of imidazole rings is 1. The lowest BCUT2D eigenvalue weighted by molar-refractivity contribution is 0.0525. The van der Waals surface area contributed by atoms with Crippen LogP contribution in [0.1, 0.15) is 60.7 Å². The number of carbonyl (C=O) groups is 3. The van der Waals surface area contributed by atoms with Gasteiger partial charge in [-0.1, -0.05) is 12.2 Å². The molecule has 3 aromatic rings. The molecule has 0 unspecified atom stereocenters. The molecule has 5 N–H and O–H groups in total. The SMILES string of the molecule is CCn1nc(C)cc1C(=O)Nc1nc2cc(C(N)=O)cc(OCCCNC(=O)OC(C)(C)C)c2n1C/C=C/CO. The minimum Gasteiger partial charge on any atom is -0.491 e. The smallest absolute Gasteiger partial charge is 0.407 e. The average Bonchev–Trinajstić information content (AvgIpc) is 3.42. The summed E-state index contributed by atoms with van der Waals surface area (Å²) in [6, 6.07) is 4.72. The normalized spacial score (nSPS) is 11.7. The number of allylic oxidation sites excluding steroid dienone is 1. The van der Waals surface area contributed by atoms with E-state index >= 15 is 0 Å². The first-order valence-electron chi connectivity index (χ1n) is 13.0. The molecule has 0 radical (unpaired) electrons. The molecule has 1 aromatic carbocycles. The van der Waals surface area contributed by atoms with Gasteiger partial charge in [0.15, 0.2) is 0 Å². The summed E-state index contributed by atoms with van der Waals surface area (Å²) in [5.74, 6) is -0.539. The minimum atomic E-state index is -0.666. The van der Waals surface area contributed by atoms with Crippen LogP contribution >= 0.6 is 0 Å². The van der Waals surface area contributed by atoms with Crippen molar-refractivity contribution >= 4 is 34.9 Å². The zero-order chi connectivity index (χ0) is 29.4. The molecule has 13 heteroatoms. The number of aromatic nitrogens is 4. The number of fused-ring (bicyclic) bond motifs is 1. The van der Waals surface area contributed by atoms with Crippen LogP contribution in [0.15, 0.2) is 30.4 Å². The Morgan fingerprint density at radius 1 is 1.18 bits per heavy atom. The van der Waals surface area contributed by atoms with Crippen molar-refractivity contribution in [1.29, 1.82) is 0 Å². The number of amides is 3. The maximum atomic E-state index is 13.2. The van der Waals surface area contributed by atoms with Crippen LogP contribution in [0.2, 0.25) is 0 Å². The number of ether oxygens (including phenoxy) is 2. The Kier molecular flexibility index (Phi) is 9.88. The second kappa shape index (κ2) is 13.1. The Hall–Kier alpha value is -4.39. The molecule has 2 heterocycles. The fraction of sp³-hybridized carbons (Fsp3) is 0.444. The lowest BCUT2D eigenvalue weighted by Gasteiger charge is -2.19. The summed E-state index contributed by atoms with van der Waals surface area (Å²) < 4.78 is 14.5. The number of rotatable bonds is 12. The molecule has 0 aliphatic carbocycles. The molecule has 216 valence electrons. The second-order valence-electron chi connectivity index (χ2n) is 9.98. The van der Waals surface area contributed by atoms with E-state index in [1.165, 1.54) is 12.1 Å². The number of aryl methyl sites for hydroxylation is 2. The van der Waals surface area contributed by atoms with Gasteiger partial charge >= 0.3 is 6.09 Å². The zero-order valence-corrected chi connectivity index (χ0v) is 23.5. The number of nitrogens with zero attached hydrogens (tertiary/aromatic N) is 4. The molecule has 3 amide bonds. The highest BCUT2D eigenvalue weighted by Crippen LogP contribution is 2.31. The van der Waals surface area contributed by atoms with Crippen molar-refractivity contribution in [2.24, 2.45) is 5.73 Å². The number of hydrogen-bond donors (Lipinski definition) is 4. The third-order valence-corrected chi connectivity index (χ3v) is 5.56. The summed E-state index contributed by atoms with van der Waals surface area (Å²) in [5, 5.41) is 19.1. The molecule has 3 rings (SSSR count). The number of primary amides is 1. The van der Waals surface area contributed by atoms with Crippen molar-refractivity contribution < 1.29 is 29.0 Å². The average molecular weight is 556 g/mol. The van der Waals surface area contributed by atoms with E-state index < -0.39 is 23.5 Å². The number of alkyl carbamates (subject to hydrolysis) is 1. The summed E-state index contributed by atoms with van der Waals surface area (Å²) >= 11 is 0. The highest BCUT2D eigenvalue weighted by Gasteiger charge is 2.21. The summed E-state index contributed by atoms with van der Waals surface area (Å²) in [5.41, 5.74) is 7.11. The van der Waals surface area contributed by atoms with E-state index in [9.17, 15) is 19.5 Å². The largest absolute Gasteiger partial charge is 0.491 e. The topological polar surface area (TPSA) is 176 Å². The fourth-order valence-corrected chi connectivity index (χ4v) is 3.90. The molecule has 13 nitrogen and oxygen atoms in total. The molecule has 40 heavy (non-hydrogen) atoms. The molecule has 0 fully saturated rings. The molecule has 0 aliphatic rings. The molecular weight excluding hydrogens is 518 g/mol. The standard InChI is InChI=1S/C27H37N7O6/c1-6-34-20(14-17(2)32-34)24(37)31-25-30-19-15-18(23(28)36)16-21(22(19)33(25)11-7-8-12-35)39-13-9-10-29-26(38)40-27(3,4)5/h7-8,14-16,35H,6,9-13H2,1-5H3,(H2,28,36)(H,29,38)(H,30,31,37)/b8-7+. The number of nitrogens with one attached hydrogen (secondary N) is 2. The van der Waals surface area contributed by atoms with Crippen LogP contribution in [-0.4, -0.2) is 67.7 Å². The van der Waals surface area contributed by atoms with Gasteiger partial charge in [-0.05, 0) is 59.2 Å². The number of nitrogens with two attached hydrogens (primary N) is 1. The Balaban J connectivity index is 1.91. The molecule has 0 saturated heterocycles. The third kappa shape index (κ3) is 7.82. The van der Waals surface area contributed by atoms with Crippen molar-refractivity contribution in [3.63, 3.8) is 0 Å². The molecule has 0 atom stereocenters. The summed E-state index contributed by atoms with van der Waals surface area (Å²) in [4.78, 5) is 41.7. The van der Waals surface area contributed by atoms with E-state index in [0.29, 0.717) is 47.7 Å². The lowest BCUT2D eigenvalue weighted by atomic mass is 10.1. The third-order valence-electron chi connectivity index (χ3n) is 5.56. The zero-order valence-electron chi connectivity index (χ0n) is 23.5. The van der Waals surface area contributed by atoms with E-state index in [4.69, 9.17) is 15.2 Å².